The number of hydrogen-bond acceptors (Lipinski definition) is 3. The molecule has 0 spiro atoms. The van der Waals surface area contributed by atoms with Gasteiger partial charge in [0.2, 0.25) is 0 Å². The number of nitrogens with one attached hydrogen (secondary N) is 1. The zero-order valence-corrected chi connectivity index (χ0v) is 10.5. The molecule has 1 aromatic rings. The lowest BCUT2D eigenvalue weighted by Gasteiger charge is -2.24. The van der Waals surface area contributed by atoms with Crippen molar-refractivity contribution in [3.63, 3.8) is 0 Å². The van der Waals surface area contributed by atoms with Crippen molar-refractivity contribution in [1.29, 1.82) is 0 Å². The van der Waals surface area contributed by atoms with Crippen LogP contribution in [0.15, 0.2) is 36.4 Å². The van der Waals surface area contributed by atoms with Crippen LogP contribution >= 0.6 is 0 Å². The van der Waals surface area contributed by atoms with E-state index in [1.807, 2.05) is 19.1 Å². The third-order valence-electron chi connectivity index (χ3n) is 3.35. The molecule has 4 heteroatoms. The highest BCUT2D eigenvalue weighted by atomic mass is 16.6. The SMILES string of the molecule is CC(NC1CC=CCC1)c1ccccc1[N+](=O)[O-]. The predicted molar refractivity (Wildman–Crippen MR) is 71.4 cm³/mol. The van der Waals surface area contributed by atoms with Crippen LogP contribution in [0, 0.1) is 10.1 Å². The summed E-state index contributed by atoms with van der Waals surface area (Å²) in [5.41, 5.74) is 0.959. The molecule has 0 saturated heterocycles. The maximum atomic E-state index is 11.0. The lowest BCUT2D eigenvalue weighted by atomic mass is 9.99. The summed E-state index contributed by atoms with van der Waals surface area (Å²) in [5.74, 6) is 0. The van der Waals surface area contributed by atoms with E-state index in [-0.39, 0.29) is 16.7 Å². The number of rotatable bonds is 4. The summed E-state index contributed by atoms with van der Waals surface area (Å²) in [5, 5.41) is 14.5. The molecule has 2 atom stereocenters. The summed E-state index contributed by atoms with van der Waals surface area (Å²) in [4.78, 5) is 10.7. The molecule has 1 aliphatic carbocycles. The van der Waals surface area contributed by atoms with Crippen molar-refractivity contribution in [3.8, 4) is 0 Å². The van der Waals surface area contributed by atoms with Crippen molar-refractivity contribution in [1.82, 2.24) is 5.32 Å². The van der Waals surface area contributed by atoms with Crippen LogP contribution in [0.4, 0.5) is 5.69 Å². The molecule has 1 N–H and O–H groups in total. The van der Waals surface area contributed by atoms with Crippen molar-refractivity contribution >= 4 is 5.69 Å². The summed E-state index contributed by atoms with van der Waals surface area (Å²) in [6, 6.07) is 7.37. The van der Waals surface area contributed by atoms with Crippen LogP contribution in [0.1, 0.15) is 37.8 Å². The van der Waals surface area contributed by atoms with Crippen LogP contribution in [0.5, 0.6) is 0 Å². The summed E-state index contributed by atoms with van der Waals surface area (Å²) in [6.45, 7) is 1.99. The number of nitro benzene ring substituents is 1. The Hall–Kier alpha value is -1.68. The maximum absolute atomic E-state index is 11.0. The Kier molecular flexibility index (Phi) is 4.10. The molecule has 0 amide bonds. The minimum Gasteiger partial charge on any atom is -0.307 e. The number of para-hydroxylation sites is 1. The minimum atomic E-state index is -0.311. The molecule has 4 nitrogen and oxygen atoms in total. The number of nitro groups is 1. The Morgan fingerprint density at radius 2 is 2.17 bits per heavy atom. The molecule has 0 aromatic heterocycles. The highest BCUT2D eigenvalue weighted by Gasteiger charge is 2.20. The molecule has 0 radical (unpaired) electrons. The van der Waals surface area contributed by atoms with Gasteiger partial charge in [-0.1, -0.05) is 30.4 Å². The number of benzene rings is 1. The summed E-state index contributed by atoms with van der Waals surface area (Å²) >= 11 is 0. The Morgan fingerprint density at radius 1 is 1.39 bits per heavy atom. The second kappa shape index (κ2) is 5.78. The molecule has 1 aliphatic rings. The number of nitrogens with zero attached hydrogens (tertiary/aromatic N) is 1. The average molecular weight is 246 g/mol. The van der Waals surface area contributed by atoms with E-state index in [1.165, 1.54) is 0 Å². The van der Waals surface area contributed by atoms with Crippen molar-refractivity contribution in [2.24, 2.45) is 0 Å². The van der Waals surface area contributed by atoms with Crippen LogP contribution in [0.2, 0.25) is 0 Å². The molecule has 96 valence electrons. The fourth-order valence-corrected chi connectivity index (χ4v) is 2.41. The van der Waals surface area contributed by atoms with E-state index < -0.39 is 0 Å². The van der Waals surface area contributed by atoms with E-state index in [2.05, 4.69) is 17.5 Å². The van der Waals surface area contributed by atoms with Gasteiger partial charge in [-0.2, -0.15) is 0 Å². The Labute approximate surface area is 107 Å². The van der Waals surface area contributed by atoms with Gasteiger partial charge in [-0.15, -0.1) is 0 Å². The third kappa shape index (κ3) is 2.96. The van der Waals surface area contributed by atoms with Crippen LogP contribution in [-0.2, 0) is 0 Å². The smallest absolute Gasteiger partial charge is 0.274 e. The Balaban J connectivity index is 2.10. The van der Waals surface area contributed by atoms with Gasteiger partial charge in [-0.25, -0.2) is 0 Å². The van der Waals surface area contributed by atoms with Gasteiger partial charge in [-0.3, -0.25) is 10.1 Å². The Morgan fingerprint density at radius 3 is 2.83 bits per heavy atom. The summed E-state index contributed by atoms with van der Waals surface area (Å²) < 4.78 is 0. The normalized spacial score (nSPS) is 20.6. The molecular formula is C14H18N2O2. The molecule has 0 fully saturated rings. The number of allylic oxidation sites excluding steroid dienone is 1. The first-order valence-corrected chi connectivity index (χ1v) is 6.33. The fraction of sp³-hybridized carbons (Fsp3) is 0.429. The average Bonchev–Trinajstić information content (AvgIpc) is 2.40. The van der Waals surface area contributed by atoms with E-state index in [4.69, 9.17) is 0 Å². The summed E-state index contributed by atoms with van der Waals surface area (Å²) in [6.07, 6.45) is 7.55. The predicted octanol–water partition coefficient (Wildman–Crippen LogP) is 3.35. The van der Waals surface area contributed by atoms with Crippen molar-refractivity contribution in [3.05, 3.63) is 52.1 Å². The van der Waals surface area contributed by atoms with Crippen LogP contribution < -0.4 is 5.32 Å². The molecule has 0 bridgehead atoms. The van der Waals surface area contributed by atoms with Gasteiger partial charge in [0.15, 0.2) is 0 Å². The minimum absolute atomic E-state index is 0.00287. The largest absolute Gasteiger partial charge is 0.307 e. The van der Waals surface area contributed by atoms with Gasteiger partial charge in [0.25, 0.3) is 5.69 Å². The van der Waals surface area contributed by atoms with Gasteiger partial charge in [0.05, 0.1) is 4.92 Å². The fourth-order valence-electron chi connectivity index (χ4n) is 2.41. The first-order valence-electron chi connectivity index (χ1n) is 6.33. The van der Waals surface area contributed by atoms with Gasteiger partial charge < -0.3 is 5.32 Å². The first kappa shape index (κ1) is 12.8. The first-order chi connectivity index (χ1) is 8.68. The van der Waals surface area contributed by atoms with E-state index in [0.717, 1.165) is 24.8 Å². The highest BCUT2D eigenvalue weighted by Crippen LogP contribution is 2.26. The molecule has 0 heterocycles. The molecule has 1 aromatic carbocycles. The van der Waals surface area contributed by atoms with Gasteiger partial charge >= 0.3 is 0 Å². The molecule has 0 saturated carbocycles. The van der Waals surface area contributed by atoms with Crippen LogP contribution in [0.3, 0.4) is 0 Å². The van der Waals surface area contributed by atoms with E-state index in [1.54, 1.807) is 12.1 Å². The van der Waals surface area contributed by atoms with E-state index in [9.17, 15) is 10.1 Å². The molecule has 0 aliphatic heterocycles. The topological polar surface area (TPSA) is 55.2 Å². The monoisotopic (exact) mass is 246 g/mol. The van der Waals surface area contributed by atoms with Crippen LogP contribution in [-0.4, -0.2) is 11.0 Å². The number of hydrogen-bond donors (Lipinski definition) is 1. The third-order valence-corrected chi connectivity index (χ3v) is 3.35. The van der Waals surface area contributed by atoms with Crippen molar-refractivity contribution in [2.75, 3.05) is 0 Å². The molecular weight excluding hydrogens is 228 g/mol. The van der Waals surface area contributed by atoms with Crippen molar-refractivity contribution in [2.45, 2.75) is 38.3 Å². The zero-order valence-electron chi connectivity index (χ0n) is 10.5. The summed E-state index contributed by atoms with van der Waals surface area (Å²) in [7, 11) is 0. The maximum Gasteiger partial charge on any atom is 0.274 e. The lowest BCUT2D eigenvalue weighted by Crippen LogP contribution is -2.32. The second-order valence-corrected chi connectivity index (χ2v) is 4.69. The van der Waals surface area contributed by atoms with E-state index in [0.29, 0.717) is 6.04 Å². The molecule has 18 heavy (non-hydrogen) atoms. The molecule has 2 rings (SSSR count). The Bertz CT molecular complexity index is 457. The van der Waals surface area contributed by atoms with Gasteiger partial charge in [-0.05, 0) is 26.2 Å². The van der Waals surface area contributed by atoms with Crippen LogP contribution in [0.25, 0.3) is 0 Å². The van der Waals surface area contributed by atoms with E-state index >= 15 is 0 Å². The lowest BCUT2D eigenvalue weighted by molar-refractivity contribution is -0.385. The molecule has 2 unspecified atom stereocenters. The van der Waals surface area contributed by atoms with Crippen molar-refractivity contribution < 1.29 is 4.92 Å². The quantitative estimate of drug-likeness (QED) is 0.503. The van der Waals surface area contributed by atoms with Gasteiger partial charge in [0.1, 0.15) is 0 Å². The standard InChI is InChI=1S/C14H18N2O2/c1-11(15-12-7-3-2-4-8-12)13-9-5-6-10-14(13)16(17)18/h2-3,5-6,9-12,15H,4,7-8H2,1H3. The van der Waals surface area contributed by atoms with Gasteiger partial charge in [0, 0.05) is 23.7 Å². The second-order valence-electron chi connectivity index (χ2n) is 4.69. The zero-order chi connectivity index (χ0) is 13.0. The highest BCUT2D eigenvalue weighted by molar-refractivity contribution is 5.41.